The van der Waals surface area contributed by atoms with Crippen molar-refractivity contribution in [3.8, 4) is 0 Å². The number of nitrogens with one attached hydrogen (secondary N) is 1. The van der Waals surface area contributed by atoms with Crippen molar-refractivity contribution in [3.63, 3.8) is 0 Å². The SMILES string of the molecule is CCn1c(CCC(=O)Nc2ccccc2S(C)(=O)=O)nc2cc(S(=O)(=O)N(C)C)ccc21. The van der Waals surface area contributed by atoms with Crippen molar-refractivity contribution in [2.24, 2.45) is 0 Å². The van der Waals surface area contributed by atoms with Gasteiger partial charge in [0.05, 0.1) is 26.5 Å². The number of hydrogen-bond acceptors (Lipinski definition) is 6. The van der Waals surface area contributed by atoms with Gasteiger partial charge in [0.15, 0.2) is 9.84 Å². The summed E-state index contributed by atoms with van der Waals surface area (Å²) in [6.07, 6.45) is 1.49. The molecule has 3 rings (SSSR count). The number of aryl methyl sites for hydroxylation is 2. The lowest BCUT2D eigenvalue weighted by atomic mass is 10.2. The lowest BCUT2D eigenvalue weighted by Gasteiger charge is -2.11. The second-order valence-electron chi connectivity index (χ2n) is 7.53. The minimum Gasteiger partial charge on any atom is -0.328 e. The van der Waals surface area contributed by atoms with Gasteiger partial charge in [0.1, 0.15) is 5.82 Å². The molecule has 0 radical (unpaired) electrons. The van der Waals surface area contributed by atoms with Gasteiger partial charge in [-0.1, -0.05) is 12.1 Å². The van der Waals surface area contributed by atoms with Crippen LogP contribution in [0, 0.1) is 0 Å². The summed E-state index contributed by atoms with van der Waals surface area (Å²) in [7, 11) is -4.13. The fourth-order valence-electron chi connectivity index (χ4n) is 3.41. The molecule has 1 heterocycles. The van der Waals surface area contributed by atoms with Gasteiger partial charge in [0, 0.05) is 39.7 Å². The third-order valence-electron chi connectivity index (χ3n) is 5.03. The molecular formula is C21H26N4O5S2. The monoisotopic (exact) mass is 478 g/mol. The Morgan fingerprint density at radius 1 is 1.09 bits per heavy atom. The first-order valence-electron chi connectivity index (χ1n) is 9.95. The van der Waals surface area contributed by atoms with Crippen LogP contribution < -0.4 is 5.32 Å². The summed E-state index contributed by atoms with van der Waals surface area (Å²) in [5, 5.41) is 2.66. The number of amides is 1. The summed E-state index contributed by atoms with van der Waals surface area (Å²) in [5.74, 6) is 0.306. The minimum atomic E-state index is -3.58. The molecule has 1 aromatic heterocycles. The van der Waals surface area contributed by atoms with Crippen molar-refractivity contribution in [1.82, 2.24) is 13.9 Å². The molecule has 11 heteroatoms. The topological polar surface area (TPSA) is 118 Å². The van der Waals surface area contributed by atoms with Gasteiger partial charge in [0.25, 0.3) is 0 Å². The summed E-state index contributed by atoms with van der Waals surface area (Å²) in [6, 6.07) is 11.0. The Kier molecular flexibility index (Phi) is 6.72. The van der Waals surface area contributed by atoms with Gasteiger partial charge < -0.3 is 9.88 Å². The maximum atomic E-state index is 12.5. The number of sulfone groups is 1. The maximum absolute atomic E-state index is 12.5. The Labute approximate surface area is 188 Å². The van der Waals surface area contributed by atoms with Crippen molar-refractivity contribution in [2.45, 2.75) is 36.1 Å². The van der Waals surface area contributed by atoms with E-state index in [-0.39, 0.29) is 27.8 Å². The van der Waals surface area contributed by atoms with E-state index in [4.69, 9.17) is 0 Å². The highest BCUT2D eigenvalue weighted by Crippen LogP contribution is 2.24. The van der Waals surface area contributed by atoms with Gasteiger partial charge >= 0.3 is 0 Å². The summed E-state index contributed by atoms with van der Waals surface area (Å²) < 4.78 is 51.8. The van der Waals surface area contributed by atoms with Crippen LogP contribution in [0.15, 0.2) is 52.3 Å². The fourth-order valence-corrected chi connectivity index (χ4v) is 5.17. The van der Waals surface area contributed by atoms with Gasteiger partial charge in [-0.3, -0.25) is 4.79 Å². The fraction of sp³-hybridized carbons (Fsp3) is 0.333. The molecule has 1 amide bonds. The molecule has 0 unspecified atom stereocenters. The molecule has 1 N–H and O–H groups in total. The van der Waals surface area contributed by atoms with Crippen LogP contribution in [-0.2, 0) is 37.6 Å². The highest BCUT2D eigenvalue weighted by atomic mass is 32.2. The molecular weight excluding hydrogens is 452 g/mol. The predicted octanol–water partition coefficient (Wildman–Crippen LogP) is 2.28. The largest absolute Gasteiger partial charge is 0.328 e. The summed E-state index contributed by atoms with van der Waals surface area (Å²) in [6.45, 7) is 2.54. The van der Waals surface area contributed by atoms with Crippen LogP contribution in [0.2, 0.25) is 0 Å². The zero-order valence-electron chi connectivity index (χ0n) is 18.4. The number of rotatable bonds is 8. The van der Waals surface area contributed by atoms with Crippen molar-refractivity contribution < 1.29 is 21.6 Å². The first kappa shape index (κ1) is 23.9. The molecule has 9 nitrogen and oxygen atoms in total. The van der Waals surface area contributed by atoms with Crippen LogP contribution in [-0.4, -0.2) is 57.0 Å². The number of anilines is 1. The van der Waals surface area contributed by atoms with Gasteiger partial charge in [-0.05, 0) is 37.3 Å². The van der Waals surface area contributed by atoms with E-state index < -0.39 is 19.9 Å². The van der Waals surface area contributed by atoms with E-state index in [0.717, 1.165) is 16.1 Å². The van der Waals surface area contributed by atoms with Crippen LogP contribution in [0.4, 0.5) is 5.69 Å². The molecule has 2 aromatic carbocycles. The molecule has 0 aliphatic carbocycles. The van der Waals surface area contributed by atoms with Crippen molar-refractivity contribution >= 4 is 42.5 Å². The van der Waals surface area contributed by atoms with E-state index >= 15 is 0 Å². The molecule has 0 atom stereocenters. The molecule has 0 aliphatic rings. The number of para-hydroxylation sites is 1. The number of fused-ring (bicyclic) bond motifs is 1. The molecule has 0 spiro atoms. The molecule has 3 aromatic rings. The van der Waals surface area contributed by atoms with Crippen LogP contribution in [0.25, 0.3) is 11.0 Å². The molecule has 0 bridgehead atoms. The highest BCUT2D eigenvalue weighted by Gasteiger charge is 2.20. The number of hydrogen-bond donors (Lipinski definition) is 1. The molecule has 0 saturated heterocycles. The zero-order chi connectivity index (χ0) is 23.7. The number of aromatic nitrogens is 2. The van der Waals surface area contributed by atoms with Crippen molar-refractivity contribution in [3.05, 3.63) is 48.3 Å². The summed E-state index contributed by atoms with van der Waals surface area (Å²) in [5.41, 5.74) is 1.55. The number of imidazole rings is 1. The third-order valence-corrected chi connectivity index (χ3v) is 8.00. The van der Waals surface area contributed by atoms with E-state index in [1.807, 2.05) is 11.5 Å². The van der Waals surface area contributed by atoms with Gasteiger partial charge in [-0.2, -0.15) is 0 Å². The van der Waals surface area contributed by atoms with Crippen molar-refractivity contribution in [1.29, 1.82) is 0 Å². The predicted molar refractivity (Wildman–Crippen MR) is 123 cm³/mol. The normalized spacial score (nSPS) is 12.4. The lowest BCUT2D eigenvalue weighted by molar-refractivity contribution is -0.116. The highest BCUT2D eigenvalue weighted by molar-refractivity contribution is 7.91. The lowest BCUT2D eigenvalue weighted by Crippen LogP contribution is -2.22. The van der Waals surface area contributed by atoms with E-state index in [2.05, 4.69) is 10.3 Å². The molecule has 0 aliphatic heterocycles. The van der Waals surface area contributed by atoms with E-state index in [1.165, 1.54) is 26.2 Å². The molecule has 0 fully saturated rings. The van der Waals surface area contributed by atoms with Gasteiger partial charge in [0.2, 0.25) is 15.9 Å². The van der Waals surface area contributed by atoms with Crippen molar-refractivity contribution in [2.75, 3.05) is 25.7 Å². The van der Waals surface area contributed by atoms with Crippen LogP contribution >= 0.6 is 0 Å². The second-order valence-corrected chi connectivity index (χ2v) is 11.7. The average Bonchev–Trinajstić information content (AvgIpc) is 3.08. The number of carbonyl (C=O) groups is 1. The van der Waals surface area contributed by atoms with Crippen LogP contribution in [0.3, 0.4) is 0 Å². The molecule has 172 valence electrons. The first-order chi connectivity index (χ1) is 14.9. The Morgan fingerprint density at radius 3 is 2.41 bits per heavy atom. The Hall–Kier alpha value is -2.76. The Balaban J connectivity index is 1.83. The summed E-state index contributed by atoms with van der Waals surface area (Å²) >= 11 is 0. The standard InChI is InChI=1S/C21H26N4O5S2/c1-5-25-18-11-10-15(32(29,30)24(2)3)14-17(18)22-20(25)12-13-21(26)23-16-8-6-7-9-19(16)31(4,27)28/h6-11,14H,5,12-13H2,1-4H3,(H,23,26). The van der Waals surface area contributed by atoms with E-state index in [1.54, 1.807) is 30.3 Å². The second kappa shape index (κ2) is 9.00. The smallest absolute Gasteiger partial charge is 0.242 e. The van der Waals surface area contributed by atoms with E-state index in [9.17, 15) is 21.6 Å². The minimum absolute atomic E-state index is 0.0591. The Bertz CT molecular complexity index is 1380. The van der Waals surface area contributed by atoms with Crippen LogP contribution in [0.5, 0.6) is 0 Å². The first-order valence-corrected chi connectivity index (χ1v) is 13.3. The zero-order valence-corrected chi connectivity index (χ0v) is 20.0. The molecule has 0 saturated carbocycles. The Morgan fingerprint density at radius 2 is 1.78 bits per heavy atom. The maximum Gasteiger partial charge on any atom is 0.242 e. The van der Waals surface area contributed by atoms with Crippen LogP contribution in [0.1, 0.15) is 19.2 Å². The summed E-state index contributed by atoms with van der Waals surface area (Å²) in [4.78, 5) is 17.3. The molecule has 32 heavy (non-hydrogen) atoms. The number of nitrogens with zero attached hydrogens (tertiary/aromatic N) is 3. The van der Waals surface area contributed by atoms with E-state index in [0.29, 0.717) is 24.3 Å². The quantitative estimate of drug-likeness (QED) is 0.531. The third kappa shape index (κ3) is 4.84. The van der Waals surface area contributed by atoms with Gasteiger partial charge in [-0.25, -0.2) is 26.1 Å². The number of sulfonamides is 1. The van der Waals surface area contributed by atoms with Gasteiger partial charge in [-0.15, -0.1) is 0 Å². The number of carbonyl (C=O) groups excluding carboxylic acids is 1. The average molecular weight is 479 g/mol. The number of benzene rings is 2.